The summed E-state index contributed by atoms with van der Waals surface area (Å²) >= 11 is 19.1. The zero-order valence-corrected chi connectivity index (χ0v) is 67.5. The molecule has 0 bridgehead atoms. The maximum absolute atomic E-state index is 10.2. The number of hydrogen-bond acceptors (Lipinski definition) is 18. The monoisotopic (exact) mass is 1980 g/mol. The fourth-order valence-corrected chi connectivity index (χ4v) is 8.60. The molecular formula is C72H52Br6N6Nd2O14+2. The zero-order valence-electron chi connectivity index (χ0n) is 51.6. The zero-order chi connectivity index (χ0) is 69.8. The average molecular weight is 1990 g/mol. The molecule has 0 saturated heterocycles. The largest absolute Gasteiger partial charge is 3.00 e. The van der Waals surface area contributed by atoms with Crippen molar-refractivity contribution in [1.82, 2.24) is 29.9 Å². The van der Waals surface area contributed by atoms with Crippen LogP contribution in [0.3, 0.4) is 0 Å². The van der Waals surface area contributed by atoms with E-state index < -0.39 is 35.8 Å². The minimum Gasteiger partial charge on any atom is -0.545 e. The fourth-order valence-electron chi connectivity index (χ4n) is 7.01. The number of aromatic nitrogens is 6. The van der Waals surface area contributed by atoms with Crippen LogP contribution in [-0.2, 0) is 11.0 Å². The van der Waals surface area contributed by atoms with Gasteiger partial charge in [-0.3, -0.25) is 19.9 Å². The molecule has 0 aliphatic heterocycles. The Morgan fingerprint density at radius 3 is 0.470 bits per heavy atom. The summed E-state index contributed by atoms with van der Waals surface area (Å²) in [5.41, 5.74) is 8.11. The van der Waals surface area contributed by atoms with Crippen LogP contribution in [0, 0.1) is 81.7 Å². The third-order valence-electron chi connectivity index (χ3n) is 11.7. The summed E-state index contributed by atoms with van der Waals surface area (Å²) in [6.45, 7) is 0. The van der Waals surface area contributed by atoms with E-state index in [0.717, 1.165) is 72.4 Å². The summed E-state index contributed by atoms with van der Waals surface area (Å²) in [6.07, 6.45) is 7.07. The molecule has 100 heavy (non-hydrogen) atoms. The van der Waals surface area contributed by atoms with Crippen LogP contribution in [0.4, 0.5) is 0 Å². The van der Waals surface area contributed by atoms with Crippen LogP contribution in [0.25, 0.3) is 45.6 Å². The first-order valence-electron chi connectivity index (χ1n) is 27.5. The minimum atomic E-state index is -1.15. The van der Waals surface area contributed by atoms with Gasteiger partial charge in [0.25, 0.3) is 0 Å². The third kappa shape index (κ3) is 34.7. The molecule has 0 fully saturated rings. The van der Waals surface area contributed by atoms with Gasteiger partial charge in [-0.1, -0.05) is 205 Å². The van der Waals surface area contributed by atoms with E-state index in [1.165, 1.54) is 72.8 Å². The van der Waals surface area contributed by atoms with Crippen molar-refractivity contribution in [3.05, 3.63) is 340 Å². The van der Waals surface area contributed by atoms with E-state index >= 15 is 0 Å². The molecule has 6 aromatic carbocycles. The van der Waals surface area contributed by atoms with E-state index in [1.54, 1.807) is 97.6 Å². The summed E-state index contributed by atoms with van der Waals surface area (Å²) in [5, 5.41) is 61.1. The van der Waals surface area contributed by atoms with Crippen molar-refractivity contribution in [2.75, 3.05) is 0 Å². The molecule has 0 unspecified atom stereocenters. The van der Waals surface area contributed by atoms with E-state index in [-0.39, 0.29) is 126 Å². The van der Waals surface area contributed by atoms with Crippen LogP contribution in [-0.4, -0.2) is 65.7 Å². The molecule has 6 heterocycles. The van der Waals surface area contributed by atoms with Crippen molar-refractivity contribution in [1.29, 1.82) is 0 Å². The molecule has 20 nitrogen and oxygen atoms in total. The van der Waals surface area contributed by atoms with Crippen LogP contribution in [0.5, 0.6) is 0 Å². The van der Waals surface area contributed by atoms with Crippen molar-refractivity contribution in [2.24, 2.45) is 0 Å². The Labute approximate surface area is 690 Å². The van der Waals surface area contributed by atoms with Crippen LogP contribution < -0.4 is 30.6 Å². The molecule has 2 radical (unpaired) electrons. The first-order valence-corrected chi connectivity index (χ1v) is 32.2. The molecule has 28 heteroatoms. The van der Waals surface area contributed by atoms with E-state index in [0.29, 0.717) is 0 Å². The maximum Gasteiger partial charge on any atom is 3.00 e. The molecule has 502 valence electrons. The van der Waals surface area contributed by atoms with Gasteiger partial charge >= 0.3 is 81.7 Å². The second-order valence-corrected chi connectivity index (χ2v) is 23.9. The number of rotatable bonds is 10. The average Bonchev–Trinajstić information content (AvgIpc) is 0.848. The number of nitrogens with zero attached hydrogens (tertiary/aromatic N) is 6. The summed E-state index contributed by atoms with van der Waals surface area (Å²) in [7, 11) is 0. The summed E-state index contributed by atoms with van der Waals surface area (Å²) in [6, 6.07) is 72.7. The van der Waals surface area contributed by atoms with Gasteiger partial charge in [-0.2, -0.15) is 0 Å². The topological polar surface area (TPSA) is 384 Å². The molecule has 0 aliphatic rings. The third-order valence-corrected chi connectivity index (χ3v) is 14.9. The molecule has 0 atom stereocenters. The maximum atomic E-state index is 10.2. The number of carboxylic acid groups (broad SMARTS) is 6. The molecule has 6 N–H and O–H groups in total. The fraction of sp³-hybridized carbons (Fsp3) is 0. The molecule has 0 amide bonds. The van der Waals surface area contributed by atoms with Gasteiger partial charge in [-0.15, -0.1) is 0 Å². The van der Waals surface area contributed by atoms with E-state index in [9.17, 15) is 59.4 Å². The number of carboxylic acids is 6. The van der Waals surface area contributed by atoms with E-state index in [1.807, 2.05) is 109 Å². The van der Waals surface area contributed by atoms with Crippen molar-refractivity contribution < 1.29 is 152 Å². The number of hydrogen-bond donors (Lipinski definition) is 0. The Kier molecular flexibility index (Phi) is 45.3. The second-order valence-electron chi connectivity index (χ2n) is 18.4. The molecular weight excluding hydrogens is 1940 g/mol. The standard InChI is InChI=1S/2C15H11N3.6C7H5BrO2.2Nd.2H2O/c2*1-3-10-16-12(6-1)14-8-5-9-15(18-14)13-7-2-4-11-17-13;6*8-6-3-1-5(2-4-6)7(9)10;;;;/h2*1-11H;6*1-4H,(H,9,10);;;2*1H2/q;;;;;;;;2*+3;;/p-4. The van der Waals surface area contributed by atoms with Crippen LogP contribution >= 0.6 is 95.6 Å². The first kappa shape index (κ1) is 90.6. The van der Waals surface area contributed by atoms with Crippen molar-refractivity contribution >= 4 is 131 Å². The van der Waals surface area contributed by atoms with E-state index in [4.69, 9.17) is 0 Å². The molecule has 0 aliphatic carbocycles. The van der Waals surface area contributed by atoms with Crippen LogP contribution in [0.1, 0.15) is 62.1 Å². The molecule has 12 rings (SSSR count). The number of pyridine rings is 6. The van der Waals surface area contributed by atoms with Gasteiger partial charge in [-0.05, 0) is 179 Å². The Morgan fingerprint density at radius 1 is 0.210 bits per heavy atom. The summed E-state index contributed by atoms with van der Waals surface area (Å²) in [4.78, 5) is 87.5. The van der Waals surface area contributed by atoms with Gasteiger partial charge in [0.1, 0.15) is 0 Å². The number of aromatic carboxylic acids is 6. The quantitative estimate of drug-likeness (QED) is 0.115. The summed E-state index contributed by atoms with van der Waals surface area (Å²) in [5.74, 6) is -6.88. The van der Waals surface area contributed by atoms with Crippen molar-refractivity contribution in [3.63, 3.8) is 0 Å². The Hall–Kier alpha value is -7.46. The predicted molar refractivity (Wildman–Crippen MR) is 382 cm³/mol. The van der Waals surface area contributed by atoms with Gasteiger partial charge < -0.3 is 70.4 Å². The number of benzene rings is 6. The van der Waals surface area contributed by atoms with Gasteiger partial charge in [0.15, 0.2) is 0 Å². The Balaban J connectivity index is 0.000000577. The molecule has 0 saturated carbocycles. The predicted octanol–water partition coefficient (Wildman–Crippen LogP) is 9.44. The Bertz CT molecular complexity index is 3750. The molecule has 12 aromatic rings. The minimum absolute atomic E-state index is 0. The Morgan fingerprint density at radius 2 is 0.350 bits per heavy atom. The molecule has 0 spiro atoms. The summed E-state index contributed by atoms with van der Waals surface area (Å²) < 4.78 is 5.15. The van der Waals surface area contributed by atoms with E-state index in [2.05, 4.69) is 125 Å². The van der Waals surface area contributed by atoms with Crippen molar-refractivity contribution in [3.8, 4) is 45.6 Å². The SMILES string of the molecule is O=C([O-])c1ccc(Br)cc1.O=C([O-])c1ccc(Br)cc1.O=C([O-])c1ccc(Br)cc1.O=C([O-])c1ccc(Br)cc1.O=C([O-])c1ccc(Br)cc1.O=C([O-])c1ccc(Br)cc1.[Nd+3].[Nd+3].[OH3+].[OH3+].c1ccc(-c2cccc(-c3ccccn3)n2)nc1.c1ccc(-c2cccc(-c3ccccn3)n2)nc1. The van der Waals surface area contributed by atoms with Crippen LogP contribution in [0.15, 0.2) is 306 Å². The van der Waals surface area contributed by atoms with Gasteiger partial charge in [0.2, 0.25) is 0 Å². The van der Waals surface area contributed by atoms with Gasteiger partial charge in [0.05, 0.1) is 81.4 Å². The second kappa shape index (κ2) is 50.0. The number of carbonyl (C=O) groups is 6. The van der Waals surface area contributed by atoms with Gasteiger partial charge in [0, 0.05) is 51.6 Å². The first-order chi connectivity index (χ1) is 46.1. The smallest absolute Gasteiger partial charge is 0.545 e. The molecule has 6 aromatic heterocycles. The van der Waals surface area contributed by atoms with Gasteiger partial charge in [-0.25, -0.2) is 9.97 Å². The number of carbonyl (C=O) groups excluding carboxylic acids is 6. The number of halogens is 6. The van der Waals surface area contributed by atoms with Crippen LogP contribution in [0.2, 0.25) is 0 Å². The van der Waals surface area contributed by atoms with Crippen molar-refractivity contribution in [2.45, 2.75) is 0 Å². The normalized spacial score (nSPS) is 9.26.